The van der Waals surface area contributed by atoms with Gasteiger partial charge in [0.05, 0.1) is 0 Å². The van der Waals surface area contributed by atoms with Gasteiger partial charge in [0.25, 0.3) is 0 Å². The zero-order valence-corrected chi connectivity index (χ0v) is 9.09. The molecule has 0 atom stereocenters. The molecule has 78 valence electrons. The minimum atomic E-state index is 0.0152. The van der Waals surface area contributed by atoms with Crippen LogP contribution in [0.15, 0.2) is 37.1 Å². The van der Waals surface area contributed by atoms with Gasteiger partial charge in [0, 0.05) is 0 Å². The van der Waals surface area contributed by atoms with Crippen LogP contribution < -0.4 is 0 Å². The molecule has 0 unspecified atom stereocenters. The molecule has 1 nitrogen and oxygen atoms in total. The quantitative estimate of drug-likeness (QED) is 0.483. The summed E-state index contributed by atoms with van der Waals surface area (Å²) in [7, 11) is 0. The van der Waals surface area contributed by atoms with Gasteiger partial charge in [0.2, 0.25) is 0 Å². The molecule has 0 heterocycles. The lowest BCUT2D eigenvalue weighted by atomic mass is 9.86. The van der Waals surface area contributed by atoms with Crippen molar-refractivity contribution in [3.05, 3.63) is 37.1 Å². The molecule has 0 saturated heterocycles. The third kappa shape index (κ3) is 3.06. The Morgan fingerprint density at radius 3 is 2.36 bits per heavy atom. The van der Waals surface area contributed by atoms with E-state index in [-0.39, 0.29) is 5.60 Å². The monoisotopic (exact) mass is 192 g/mol. The van der Waals surface area contributed by atoms with Crippen molar-refractivity contribution in [3.63, 3.8) is 0 Å². The van der Waals surface area contributed by atoms with E-state index in [9.17, 15) is 0 Å². The van der Waals surface area contributed by atoms with Crippen molar-refractivity contribution < 1.29 is 4.74 Å². The molecule has 0 spiro atoms. The first-order chi connectivity index (χ1) is 6.70. The summed E-state index contributed by atoms with van der Waals surface area (Å²) >= 11 is 0. The zero-order chi connectivity index (χ0) is 10.4. The maximum absolute atomic E-state index is 5.94. The maximum Gasteiger partial charge on any atom is 0.119 e. The third-order valence-electron chi connectivity index (χ3n) is 2.76. The summed E-state index contributed by atoms with van der Waals surface area (Å²) in [5, 5.41) is 0. The minimum Gasteiger partial charge on any atom is -0.488 e. The van der Waals surface area contributed by atoms with Crippen molar-refractivity contribution in [3.8, 4) is 0 Å². The lowest BCUT2D eigenvalue weighted by Gasteiger charge is -2.34. The highest BCUT2D eigenvalue weighted by atomic mass is 16.5. The highest BCUT2D eigenvalue weighted by Gasteiger charge is 2.28. The Labute approximate surface area is 87.2 Å². The van der Waals surface area contributed by atoms with Crippen molar-refractivity contribution >= 4 is 0 Å². The Balaban J connectivity index is 2.59. The van der Waals surface area contributed by atoms with Crippen LogP contribution in [-0.2, 0) is 4.74 Å². The van der Waals surface area contributed by atoms with Gasteiger partial charge in [-0.1, -0.05) is 25.7 Å². The average molecular weight is 192 g/mol. The molecule has 1 fully saturated rings. The van der Waals surface area contributed by atoms with Gasteiger partial charge < -0.3 is 4.74 Å². The molecule has 0 radical (unpaired) electrons. The van der Waals surface area contributed by atoms with Crippen LogP contribution in [0, 0.1) is 0 Å². The Bertz CT molecular complexity index is 232. The number of rotatable bonds is 4. The van der Waals surface area contributed by atoms with Crippen molar-refractivity contribution in [2.75, 3.05) is 0 Å². The summed E-state index contributed by atoms with van der Waals surface area (Å²) in [6, 6.07) is 0. The summed E-state index contributed by atoms with van der Waals surface area (Å²) in [6.45, 7) is 9.58. The van der Waals surface area contributed by atoms with Gasteiger partial charge in [-0.2, -0.15) is 0 Å². The number of ether oxygens (including phenoxy) is 1. The van der Waals surface area contributed by atoms with Crippen molar-refractivity contribution in [1.82, 2.24) is 0 Å². The average Bonchev–Trinajstić information content (AvgIpc) is 2.18. The van der Waals surface area contributed by atoms with E-state index in [1.54, 1.807) is 12.2 Å². The van der Waals surface area contributed by atoms with Gasteiger partial charge in [-0.3, -0.25) is 0 Å². The summed E-state index contributed by atoms with van der Waals surface area (Å²) in [6.07, 6.45) is 11.5. The van der Waals surface area contributed by atoms with Crippen molar-refractivity contribution in [1.29, 1.82) is 0 Å². The Morgan fingerprint density at radius 1 is 1.21 bits per heavy atom. The lowest BCUT2D eigenvalue weighted by molar-refractivity contribution is -0.00668. The zero-order valence-electron chi connectivity index (χ0n) is 9.09. The number of hydrogen-bond donors (Lipinski definition) is 0. The summed E-state index contributed by atoms with van der Waals surface area (Å²) in [4.78, 5) is 0. The van der Waals surface area contributed by atoms with Gasteiger partial charge >= 0.3 is 0 Å². The van der Waals surface area contributed by atoms with E-state index in [4.69, 9.17) is 4.74 Å². The molecule has 1 rings (SSSR count). The van der Waals surface area contributed by atoms with Crippen LogP contribution in [-0.4, -0.2) is 5.60 Å². The fourth-order valence-corrected chi connectivity index (χ4v) is 1.95. The molecule has 1 aliphatic rings. The van der Waals surface area contributed by atoms with Gasteiger partial charge in [0.15, 0.2) is 0 Å². The second-order valence-electron chi connectivity index (χ2n) is 4.12. The number of allylic oxidation sites excluding steroid dienone is 3. The predicted molar refractivity (Wildman–Crippen MR) is 61.1 cm³/mol. The van der Waals surface area contributed by atoms with Gasteiger partial charge in [0.1, 0.15) is 11.4 Å². The fraction of sp³-hybridized carbons (Fsp3) is 0.538. The minimum absolute atomic E-state index is 0.0152. The molecule has 0 aromatic carbocycles. The van der Waals surface area contributed by atoms with E-state index in [0.29, 0.717) is 0 Å². The van der Waals surface area contributed by atoms with Crippen LogP contribution in [0.3, 0.4) is 0 Å². The second-order valence-corrected chi connectivity index (χ2v) is 4.12. The first-order valence-electron chi connectivity index (χ1n) is 5.34. The molecule has 0 N–H and O–H groups in total. The first kappa shape index (κ1) is 11.1. The van der Waals surface area contributed by atoms with E-state index < -0.39 is 0 Å². The van der Waals surface area contributed by atoms with Gasteiger partial charge in [-0.25, -0.2) is 0 Å². The van der Waals surface area contributed by atoms with Crippen molar-refractivity contribution in [2.45, 2.75) is 44.6 Å². The molecule has 1 aliphatic carbocycles. The van der Waals surface area contributed by atoms with E-state index in [1.807, 2.05) is 6.08 Å². The van der Waals surface area contributed by atoms with E-state index >= 15 is 0 Å². The summed E-state index contributed by atoms with van der Waals surface area (Å²) < 4.78 is 5.94. The van der Waals surface area contributed by atoms with Crippen LogP contribution in [0.25, 0.3) is 0 Å². The number of hydrogen-bond acceptors (Lipinski definition) is 1. The molecular weight excluding hydrogens is 172 g/mol. The third-order valence-corrected chi connectivity index (χ3v) is 2.76. The predicted octanol–water partition coefficient (Wildman–Crippen LogP) is 3.98. The molecule has 1 heteroatoms. The van der Waals surface area contributed by atoms with Crippen LogP contribution >= 0.6 is 0 Å². The van der Waals surface area contributed by atoms with Gasteiger partial charge in [-0.15, -0.1) is 0 Å². The highest BCUT2D eigenvalue weighted by molar-refractivity contribution is 5.15. The second kappa shape index (κ2) is 5.04. The molecule has 14 heavy (non-hydrogen) atoms. The van der Waals surface area contributed by atoms with E-state index in [0.717, 1.165) is 18.6 Å². The Kier molecular flexibility index (Phi) is 3.99. The Morgan fingerprint density at radius 2 is 1.86 bits per heavy atom. The molecule has 0 aromatic heterocycles. The van der Waals surface area contributed by atoms with Crippen molar-refractivity contribution in [2.24, 2.45) is 0 Å². The summed E-state index contributed by atoms with van der Waals surface area (Å²) in [5.74, 6) is 0.837. The molecule has 1 saturated carbocycles. The van der Waals surface area contributed by atoms with Crippen LogP contribution in [0.2, 0.25) is 0 Å². The van der Waals surface area contributed by atoms with E-state index in [1.165, 1.54) is 19.3 Å². The Hall–Kier alpha value is -0.980. The van der Waals surface area contributed by atoms with Crippen LogP contribution in [0.4, 0.5) is 0 Å². The smallest absolute Gasteiger partial charge is 0.119 e. The van der Waals surface area contributed by atoms with Crippen LogP contribution in [0.5, 0.6) is 0 Å². The topological polar surface area (TPSA) is 9.23 Å². The van der Waals surface area contributed by atoms with Gasteiger partial charge in [-0.05, 0) is 44.8 Å². The standard InChI is InChI=1S/C13H20O/c1-4-9-12(5-2)14-13(3)10-7-6-8-11-13/h4-5,9H,1-2,6-8,10-11H2,3H3/b12-9+. The van der Waals surface area contributed by atoms with Crippen LogP contribution in [0.1, 0.15) is 39.0 Å². The normalized spacial score (nSPS) is 21.4. The fourth-order valence-electron chi connectivity index (χ4n) is 1.95. The summed E-state index contributed by atoms with van der Waals surface area (Å²) in [5.41, 5.74) is 0.0152. The lowest BCUT2D eigenvalue weighted by Crippen LogP contribution is -2.30. The molecule has 0 bridgehead atoms. The first-order valence-corrected chi connectivity index (χ1v) is 5.34. The maximum atomic E-state index is 5.94. The molecular formula is C13H20O. The highest BCUT2D eigenvalue weighted by Crippen LogP contribution is 2.32. The molecule has 0 amide bonds. The molecule has 0 aliphatic heterocycles. The SMILES string of the molecule is C=C/C=C(\C=C)OC1(C)CCCCC1. The largest absolute Gasteiger partial charge is 0.488 e. The molecule has 0 aromatic rings. The van der Waals surface area contributed by atoms with E-state index in [2.05, 4.69) is 20.1 Å².